The van der Waals surface area contributed by atoms with Crippen LogP contribution in [0.5, 0.6) is 5.75 Å². The van der Waals surface area contributed by atoms with Gasteiger partial charge in [-0.15, -0.1) is 0 Å². The second-order valence-corrected chi connectivity index (χ2v) is 11.0. The molecule has 0 amide bonds. The van der Waals surface area contributed by atoms with Crippen LogP contribution in [0.4, 0.5) is 0 Å². The van der Waals surface area contributed by atoms with Gasteiger partial charge in [0.15, 0.2) is 0 Å². The third kappa shape index (κ3) is 6.55. The Morgan fingerprint density at radius 2 is 1.67 bits per heavy atom. The van der Waals surface area contributed by atoms with E-state index in [9.17, 15) is 4.79 Å². The molecule has 2 heterocycles. The molecule has 2 fully saturated rings. The molecule has 2 aliphatic rings. The van der Waals surface area contributed by atoms with E-state index in [0.29, 0.717) is 22.4 Å². The summed E-state index contributed by atoms with van der Waals surface area (Å²) in [6.45, 7) is 7.16. The van der Waals surface area contributed by atoms with Gasteiger partial charge in [0.05, 0.1) is 17.2 Å². The molecule has 196 valence electrons. The van der Waals surface area contributed by atoms with Crippen LogP contribution in [-0.4, -0.2) is 67.2 Å². The summed E-state index contributed by atoms with van der Waals surface area (Å²) in [6, 6.07) is 15.8. The molecule has 36 heavy (non-hydrogen) atoms. The first-order valence-corrected chi connectivity index (χ1v) is 13.9. The lowest BCUT2D eigenvalue weighted by atomic mass is 9.83. The minimum absolute atomic E-state index is 0.114. The smallest absolute Gasteiger partial charge is 0.326 e. The van der Waals surface area contributed by atoms with E-state index in [-0.39, 0.29) is 12.1 Å². The van der Waals surface area contributed by atoms with E-state index in [1.807, 2.05) is 24.3 Å². The van der Waals surface area contributed by atoms with Crippen molar-refractivity contribution in [3.8, 4) is 5.75 Å². The lowest BCUT2D eigenvalue weighted by molar-refractivity contribution is -0.157. The summed E-state index contributed by atoms with van der Waals surface area (Å²) in [5, 5.41) is 1.08. The third-order valence-corrected chi connectivity index (χ3v) is 8.69. The Bertz CT molecular complexity index is 989. The molecule has 0 saturated carbocycles. The van der Waals surface area contributed by atoms with Crippen molar-refractivity contribution in [3.63, 3.8) is 0 Å². The van der Waals surface area contributed by atoms with Gasteiger partial charge in [-0.05, 0) is 68.8 Å². The van der Waals surface area contributed by atoms with Gasteiger partial charge in [0, 0.05) is 32.1 Å². The monoisotopic (exact) mass is 532 g/mol. The molecular formula is C29H38Cl2N2O3. The predicted molar refractivity (Wildman–Crippen MR) is 146 cm³/mol. The van der Waals surface area contributed by atoms with Crippen molar-refractivity contribution in [2.24, 2.45) is 5.92 Å². The highest BCUT2D eigenvalue weighted by molar-refractivity contribution is 6.42. The molecule has 2 aliphatic heterocycles. The molecule has 1 atom stereocenters. The summed E-state index contributed by atoms with van der Waals surface area (Å²) in [7, 11) is 1.51. The molecule has 0 spiro atoms. The summed E-state index contributed by atoms with van der Waals surface area (Å²) >= 11 is 12.1. The first-order valence-electron chi connectivity index (χ1n) is 13.1. The maximum atomic E-state index is 13.1. The zero-order valence-electron chi connectivity index (χ0n) is 21.4. The first-order chi connectivity index (χ1) is 17.4. The fraction of sp³-hybridized carbons (Fsp3) is 0.552. The van der Waals surface area contributed by atoms with Gasteiger partial charge >= 0.3 is 5.97 Å². The van der Waals surface area contributed by atoms with Crippen LogP contribution in [0.25, 0.3) is 0 Å². The van der Waals surface area contributed by atoms with E-state index < -0.39 is 5.54 Å². The molecular weight excluding hydrogens is 495 g/mol. The topological polar surface area (TPSA) is 42.0 Å². The van der Waals surface area contributed by atoms with Crippen molar-refractivity contribution in [3.05, 3.63) is 64.1 Å². The largest absolute Gasteiger partial charge is 0.490 e. The van der Waals surface area contributed by atoms with Gasteiger partial charge in [0.25, 0.3) is 0 Å². The normalized spacial score (nSPS) is 20.1. The summed E-state index contributed by atoms with van der Waals surface area (Å²) in [5.74, 6) is 1.32. The Hall–Kier alpha value is -1.79. The average molecular weight is 534 g/mol. The van der Waals surface area contributed by atoms with Crippen molar-refractivity contribution in [1.29, 1.82) is 0 Å². The Morgan fingerprint density at radius 3 is 2.28 bits per heavy atom. The number of hydrogen-bond donors (Lipinski definition) is 0. The van der Waals surface area contributed by atoms with E-state index in [0.717, 1.165) is 70.6 Å². The Labute approximate surface area is 225 Å². The van der Waals surface area contributed by atoms with Gasteiger partial charge in [0.2, 0.25) is 0 Å². The average Bonchev–Trinajstić information content (AvgIpc) is 2.91. The molecule has 1 unspecified atom stereocenters. The Morgan fingerprint density at radius 1 is 0.972 bits per heavy atom. The van der Waals surface area contributed by atoms with Gasteiger partial charge in [-0.1, -0.05) is 60.5 Å². The second kappa shape index (κ2) is 12.6. The molecule has 7 heteroatoms. The van der Waals surface area contributed by atoms with Crippen molar-refractivity contribution < 1.29 is 14.3 Å². The van der Waals surface area contributed by atoms with Crippen LogP contribution in [0.1, 0.15) is 44.6 Å². The summed E-state index contributed by atoms with van der Waals surface area (Å²) < 4.78 is 11.5. The van der Waals surface area contributed by atoms with Crippen LogP contribution in [0.15, 0.2) is 48.5 Å². The van der Waals surface area contributed by atoms with Gasteiger partial charge in [0.1, 0.15) is 17.4 Å². The van der Waals surface area contributed by atoms with Gasteiger partial charge in [-0.2, -0.15) is 0 Å². The predicted octanol–water partition coefficient (Wildman–Crippen LogP) is 6.11. The van der Waals surface area contributed by atoms with E-state index in [4.69, 9.17) is 32.7 Å². The van der Waals surface area contributed by atoms with E-state index in [2.05, 4.69) is 28.9 Å². The van der Waals surface area contributed by atoms with Gasteiger partial charge < -0.3 is 14.4 Å². The molecule has 2 aromatic rings. The summed E-state index contributed by atoms with van der Waals surface area (Å²) in [6.07, 6.45) is 5.87. The van der Waals surface area contributed by atoms with E-state index >= 15 is 0 Å². The van der Waals surface area contributed by atoms with Crippen molar-refractivity contribution in [2.75, 3.05) is 39.8 Å². The number of carbonyl (C=O) groups excluding carboxylic acids is 1. The number of carbonyl (C=O) groups is 1. The third-order valence-electron chi connectivity index (χ3n) is 7.95. The molecule has 0 bridgehead atoms. The molecule has 4 rings (SSSR count). The standard InChI is InChI=1S/C29H38Cl2N2O3/c1-3-29(28(34)35-2,20-22-7-5-4-6-8-22)33-17-11-23(12-18-33)21-32-15-13-24(14-16-32)36-25-9-10-26(30)27(31)19-25/h4-10,19,23-24H,3,11-18,20-21H2,1-2H3. The zero-order chi connectivity index (χ0) is 25.5. The lowest BCUT2D eigenvalue weighted by Gasteiger charge is -2.45. The quantitative estimate of drug-likeness (QED) is 0.364. The summed E-state index contributed by atoms with van der Waals surface area (Å²) in [4.78, 5) is 18.0. The van der Waals surface area contributed by atoms with Crippen LogP contribution in [0.2, 0.25) is 10.0 Å². The number of rotatable bonds is 9. The van der Waals surface area contributed by atoms with Crippen molar-refractivity contribution in [1.82, 2.24) is 9.80 Å². The van der Waals surface area contributed by atoms with Crippen LogP contribution in [-0.2, 0) is 16.0 Å². The molecule has 0 aromatic heterocycles. The molecule has 5 nitrogen and oxygen atoms in total. The maximum absolute atomic E-state index is 13.1. The molecule has 0 radical (unpaired) electrons. The minimum Gasteiger partial charge on any atom is -0.490 e. The van der Waals surface area contributed by atoms with Crippen molar-refractivity contribution in [2.45, 2.75) is 57.1 Å². The number of esters is 1. The number of hydrogen-bond acceptors (Lipinski definition) is 5. The first kappa shape index (κ1) is 27.3. The van der Waals surface area contributed by atoms with Crippen LogP contribution >= 0.6 is 23.2 Å². The highest BCUT2D eigenvalue weighted by Gasteiger charge is 2.45. The molecule has 2 saturated heterocycles. The number of halogens is 2. The fourth-order valence-corrected chi connectivity index (χ4v) is 6.08. The summed E-state index contributed by atoms with van der Waals surface area (Å²) in [5.41, 5.74) is 0.583. The molecule has 2 aromatic carbocycles. The fourth-order valence-electron chi connectivity index (χ4n) is 5.79. The number of benzene rings is 2. The van der Waals surface area contributed by atoms with Crippen molar-refractivity contribution >= 4 is 29.2 Å². The zero-order valence-corrected chi connectivity index (χ0v) is 22.9. The Balaban J connectivity index is 1.27. The van der Waals surface area contributed by atoms with Crippen LogP contribution in [0, 0.1) is 5.92 Å². The second-order valence-electron chi connectivity index (χ2n) is 10.2. The number of likely N-dealkylation sites (tertiary alicyclic amines) is 2. The highest BCUT2D eigenvalue weighted by Crippen LogP contribution is 2.33. The number of piperidine rings is 2. The van der Waals surface area contributed by atoms with Crippen LogP contribution in [0.3, 0.4) is 0 Å². The lowest BCUT2D eigenvalue weighted by Crippen LogP contribution is -2.59. The number of ether oxygens (including phenoxy) is 2. The van der Waals surface area contributed by atoms with Gasteiger partial charge in [-0.25, -0.2) is 0 Å². The number of nitrogens with zero attached hydrogens (tertiary/aromatic N) is 2. The Kier molecular flexibility index (Phi) is 9.57. The van der Waals surface area contributed by atoms with E-state index in [1.165, 1.54) is 12.7 Å². The highest BCUT2D eigenvalue weighted by atomic mass is 35.5. The molecule has 0 aliphatic carbocycles. The number of methoxy groups -OCH3 is 1. The molecule has 0 N–H and O–H groups in total. The van der Waals surface area contributed by atoms with Crippen LogP contribution < -0.4 is 4.74 Å². The maximum Gasteiger partial charge on any atom is 0.326 e. The van der Waals surface area contributed by atoms with Gasteiger partial charge in [-0.3, -0.25) is 9.69 Å². The van der Waals surface area contributed by atoms with E-state index in [1.54, 1.807) is 12.1 Å². The SMILES string of the molecule is CCC(Cc1ccccc1)(C(=O)OC)N1CCC(CN2CCC(Oc3ccc(Cl)c(Cl)c3)CC2)CC1. The minimum atomic E-state index is -0.596.